The average Bonchev–Trinajstić information content (AvgIpc) is 3.05. The van der Waals surface area contributed by atoms with Crippen molar-refractivity contribution in [3.8, 4) is 0 Å². The van der Waals surface area contributed by atoms with E-state index in [0.717, 1.165) is 18.4 Å². The highest BCUT2D eigenvalue weighted by Crippen LogP contribution is 2.39. The lowest BCUT2D eigenvalue weighted by molar-refractivity contribution is -0.137. The van der Waals surface area contributed by atoms with Crippen molar-refractivity contribution in [3.05, 3.63) is 71.6 Å². The second-order valence-electron chi connectivity index (χ2n) is 6.21. The Kier molecular flexibility index (Phi) is 4.94. The zero-order valence-electron chi connectivity index (χ0n) is 14.2. The van der Waals surface area contributed by atoms with E-state index in [2.05, 4.69) is 4.98 Å². The molecule has 1 atom stereocenters. The summed E-state index contributed by atoms with van der Waals surface area (Å²) < 4.78 is 74.6. The summed E-state index contributed by atoms with van der Waals surface area (Å²) >= 11 is 0. The van der Waals surface area contributed by atoms with Gasteiger partial charge in [0.25, 0.3) is 0 Å². The van der Waals surface area contributed by atoms with Crippen molar-refractivity contribution in [1.29, 1.82) is 0 Å². The second kappa shape index (κ2) is 6.92. The number of hydrogen-bond acceptors (Lipinski definition) is 3. The zero-order chi connectivity index (χ0) is 19.8. The van der Waals surface area contributed by atoms with E-state index in [0.29, 0.717) is 22.4 Å². The van der Waals surface area contributed by atoms with Crippen molar-refractivity contribution in [2.45, 2.75) is 11.1 Å². The Balaban J connectivity index is 1.98. The lowest BCUT2D eigenvalue weighted by atomic mass is 9.97. The number of hydrogen-bond donors (Lipinski definition) is 0. The van der Waals surface area contributed by atoms with Gasteiger partial charge in [-0.2, -0.15) is 13.2 Å². The lowest BCUT2D eigenvalue weighted by Crippen LogP contribution is -2.04. The average molecular weight is 397 g/mol. The van der Waals surface area contributed by atoms with Gasteiger partial charge in [-0.3, -0.25) is 9.37 Å². The van der Waals surface area contributed by atoms with E-state index < -0.39 is 34.2 Å². The summed E-state index contributed by atoms with van der Waals surface area (Å²) in [6.45, 7) is -0.658. The first kappa shape index (κ1) is 19.3. The molecule has 0 fully saturated rings. The maximum Gasteiger partial charge on any atom is 0.416 e. The Morgan fingerprint density at radius 1 is 1.00 bits per heavy atom. The fraction of sp³-hybridized carbons (Fsp3) is 0.211. The molecule has 8 heteroatoms. The van der Waals surface area contributed by atoms with Crippen molar-refractivity contribution < 1.29 is 26.0 Å². The van der Waals surface area contributed by atoms with Gasteiger partial charge in [-0.25, -0.2) is 8.42 Å². The summed E-state index contributed by atoms with van der Waals surface area (Å²) in [4.78, 5) is 4.19. The minimum atomic E-state index is -4.44. The Morgan fingerprint density at radius 3 is 2.11 bits per heavy atom. The Bertz CT molecular complexity index is 1010. The van der Waals surface area contributed by atoms with Crippen LogP contribution in [0.1, 0.15) is 16.8 Å². The van der Waals surface area contributed by atoms with Crippen LogP contribution < -0.4 is 0 Å². The lowest BCUT2D eigenvalue weighted by Gasteiger charge is -2.11. The van der Waals surface area contributed by atoms with E-state index in [9.17, 15) is 26.0 Å². The van der Waals surface area contributed by atoms with Crippen LogP contribution in [0.15, 0.2) is 59.6 Å². The molecule has 0 spiro atoms. The molecule has 142 valence electrons. The molecule has 1 aliphatic carbocycles. The highest BCUT2D eigenvalue weighted by atomic mass is 32.2. The molecule has 2 aromatic rings. The van der Waals surface area contributed by atoms with Crippen LogP contribution in [0.2, 0.25) is 0 Å². The monoisotopic (exact) mass is 397 g/mol. The third-order valence-electron chi connectivity index (χ3n) is 4.19. The minimum Gasteiger partial charge on any atom is -0.255 e. The van der Waals surface area contributed by atoms with Crippen molar-refractivity contribution >= 4 is 21.0 Å². The van der Waals surface area contributed by atoms with E-state index in [-0.39, 0.29) is 4.90 Å². The van der Waals surface area contributed by atoms with E-state index in [1.165, 1.54) is 30.5 Å². The van der Waals surface area contributed by atoms with Crippen molar-refractivity contribution in [2.75, 3.05) is 12.9 Å². The van der Waals surface area contributed by atoms with E-state index >= 15 is 0 Å². The molecule has 0 saturated carbocycles. The van der Waals surface area contributed by atoms with Crippen LogP contribution in [0, 0.1) is 5.92 Å². The van der Waals surface area contributed by atoms with Gasteiger partial charge in [0.05, 0.1) is 22.8 Å². The number of rotatable bonds is 4. The van der Waals surface area contributed by atoms with Crippen LogP contribution in [-0.2, 0) is 16.0 Å². The third-order valence-corrected chi connectivity index (χ3v) is 5.29. The van der Waals surface area contributed by atoms with Gasteiger partial charge in [-0.1, -0.05) is 24.3 Å². The van der Waals surface area contributed by atoms with Crippen LogP contribution >= 0.6 is 0 Å². The summed E-state index contributed by atoms with van der Waals surface area (Å²) in [7, 11) is -3.41. The number of sulfone groups is 1. The number of nitrogens with zero attached hydrogens (tertiary/aromatic N) is 1. The van der Waals surface area contributed by atoms with Gasteiger partial charge >= 0.3 is 6.18 Å². The van der Waals surface area contributed by atoms with Gasteiger partial charge in [0.1, 0.15) is 0 Å². The van der Waals surface area contributed by atoms with Crippen molar-refractivity contribution in [1.82, 2.24) is 4.98 Å². The molecule has 0 saturated heterocycles. The fourth-order valence-electron chi connectivity index (χ4n) is 2.82. The van der Waals surface area contributed by atoms with Gasteiger partial charge in [0.15, 0.2) is 9.84 Å². The second-order valence-corrected chi connectivity index (χ2v) is 8.22. The first-order valence-electron chi connectivity index (χ1n) is 7.93. The molecule has 0 amide bonds. The van der Waals surface area contributed by atoms with Gasteiger partial charge in [0.2, 0.25) is 0 Å². The standard InChI is InChI=1S/C19H15F4NO2S/c1-27(25,26)15-6-7-18(24-11-15)17-9-12(10-20)8-16(17)13-2-4-14(5-3-13)19(21,22)23/h2-9,11-12H,10H2,1H3. The first-order chi connectivity index (χ1) is 12.6. The number of allylic oxidation sites excluding steroid dienone is 4. The molecule has 1 unspecified atom stereocenters. The molecule has 0 radical (unpaired) electrons. The molecule has 0 bridgehead atoms. The summed E-state index contributed by atoms with van der Waals surface area (Å²) in [5.41, 5.74) is 1.26. The highest BCUT2D eigenvalue weighted by molar-refractivity contribution is 7.90. The number of halogens is 4. The predicted octanol–water partition coefficient (Wildman–Crippen LogP) is 4.57. The van der Waals surface area contributed by atoms with Gasteiger partial charge in [-0.15, -0.1) is 0 Å². The third kappa shape index (κ3) is 4.10. The predicted molar refractivity (Wildman–Crippen MR) is 94.2 cm³/mol. The molecular formula is C19H15F4NO2S. The number of benzene rings is 1. The normalized spacial score (nSPS) is 17.6. The molecule has 1 aromatic heterocycles. The number of aromatic nitrogens is 1. The van der Waals surface area contributed by atoms with E-state index in [1.54, 1.807) is 12.2 Å². The number of pyridine rings is 1. The van der Waals surface area contributed by atoms with Crippen LogP contribution in [0.25, 0.3) is 11.1 Å². The molecule has 1 heterocycles. The maximum absolute atomic E-state index is 13.2. The first-order valence-corrected chi connectivity index (χ1v) is 9.83. The summed E-state index contributed by atoms with van der Waals surface area (Å²) in [6, 6.07) is 7.49. The Hall–Kier alpha value is -2.48. The molecule has 1 aromatic carbocycles. The van der Waals surface area contributed by atoms with Crippen LogP contribution in [0.4, 0.5) is 17.6 Å². The van der Waals surface area contributed by atoms with Crippen LogP contribution in [-0.4, -0.2) is 26.3 Å². The van der Waals surface area contributed by atoms with Gasteiger partial charge in [-0.05, 0) is 35.4 Å². The summed E-state index contributed by atoms with van der Waals surface area (Å²) in [6.07, 6.45) is 1.09. The van der Waals surface area contributed by atoms with Gasteiger partial charge in [0, 0.05) is 23.9 Å². The zero-order valence-corrected chi connectivity index (χ0v) is 15.0. The maximum atomic E-state index is 13.2. The molecule has 3 rings (SSSR count). The Morgan fingerprint density at radius 2 is 1.63 bits per heavy atom. The Labute approximate surface area is 154 Å². The quantitative estimate of drug-likeness (QED) is 0.710. The smallest absolute Gasteiger partial charge is 0.255 e. The van der Waals surface area contributed by atoms with Gasteiger partial charge < -0.3 is 0 Å². The van der Waals surface area contributed by atoms with Crippen molar-refractivity contribution in [3.63, 3.8) is 0 Å². The fourth-order valence-corrected chi connectivity index (χ4v) is 3.38. The minimum absolute atomic E-state index is 0.0481. The van der Waals surface area contributed by atoms with E-state index in [4.69, 9.17) is 0 Å². The molecule has 27 heavy (non-hydrogen) atoms. The summed E-state index contributed by atoms with van der Waals surface area (Å²) in [5, 5.41) is 0. The molecule has 1 aliphatic rings. The molecule has 3 nitrogen and oxygen atoms in total. The topological polar surface area (TPSA) is 47.0 Å². The highest BCUT2D eigenvalue weighted by Gasteiger charge is 2.30. The number of alkyl halides is 4. The largest absolute Gasteiger partial charge is 0.416 e. The van der Waals surface area contributed by atoms with Crippen LogP contribution in [0.5, 0.6) is 0 Å². The molecular weight excluding hydrogens is 382 g/mol. The van der Waals surface area contributed by atoms with Crippen LogP contribution in [0.3, 0.4) is 0 Å². The summed E-state index contributed by atoms with van der Waals surface area (Å²) in [5.74, 6) is -0.520. The van der Waals surface area contributed by atoms with E-state index in [1.807, 2.05) is 0 Å². The molecule has 0 N–H and O–H groups in total. The SMILES string of the molecule is CS(=O)(=O)c1ccc(C2=CC(CF)C=C2c2ccc(C(F)(F)F)cc2)nc1. The molecule has 0 aliphatic heterocycles. The van der Waals surface area contributed by atoms with Crippen molar-refractivity contribution in [2.24, 2.45) is 5.92 Å².